The first kappa shape index (κ1) is 8.19. The van der Waals surface area contributed by atoms with Gasteiger partial charge in [0.1, 0.15) is 6.10 Å². The van der Waals surface area contributed by atoms with Gasteiger partial charge < -0.3 is 10.4 Å². The van der Waals surface area contributed by atoms with Crippen LogP contribution in [0.3, 0.4) is 0 Å². The molecule has 0 aromatic carbocycles. The number of aliphatic hydroxyl groups excluding tert-OH is 1. The van der Waals surface area contributed by atoms with Crippen molar-refractivity contribution in [3.05, 3.63) is 23.4 Å². The van der Waals surface area contributed by atoms with Gasteiger partial charge >= 0.3 is 0 Å². The lowest BCUT2D eigenvalue weighted by Gasteiger charge is -2.07. The molecule has 0 aromatic heterocycles. The zero-order valence-corrected chi connectivity index (χ0v) is 7.07. The summed E-state index contributed by atoms with van der Waals surface area (Å²) in [5.74, 6) is -1.10. The predicted molar refractivity (Wildman–Crippen MR) is 44.8 cm³/mol. The highest BCUT2D eigenvalue weighted by Gasteiger charge is 2.34. The summed E-state index contributed by atoms with van der Waals surface area (Å²) in [5, 5.41) is 12.5. The normalized spacial score (nSPS) is 32.2. The van der Waals surface area contributed by atoms with Gasteiger partial charge in [-0.2, -0.15) is 0 Å². The lowest BCUT2D eigenvalue weighted by molar-refractivity contribution is -0.131. The molecule has 0 aromatic rings. The molecule has 1 saturated heterocycles. The second kappa shape index (κ2) is 2.53. The number of carbonyl (C=O) groups excluding carboxylic acids is 2. The van der Waals surface area contributed by atoms with Gasteiger partial charge in [0.25, 0.3) is 0 Å². The summed E-state index contributed by atoms with van der Waals surface area (Å²) in [6, 6.07) is -0.142. The van der Waals surface area contributed by atoms with E-state index in [-0.39, 0.29) is 6.04 Å². The molecular weight excluding hydrogens is 170 g/mol. The van der Waals surface area contributed by atoms with E-state index in [1.165, 1.54) is 12.2 Å². The fourth-order valence-electron chi connectivity index (χ4n) is 1.54. The van der Waals surface area contributed by atoms with Crippen LogP contribution in [-0.2, 0) is 9.59 Å². The van der Waals surface area contributed by atoms with Crippen LogP contribution in [0.15, 0.2) is 23.4 Å². The molecule has 2 rings (SSSR count). The average molecular weight is 179 g/mol. The van der Waals surface area contributed by atoms with Crippen LogP contribution < -0.4 is 5.32 Å². The van der Waals surface area contributed by atoms with Gasteiger partial charge in [0.2, 0.25) is 11.6 Å². The maximum atomic E-state index is 11.0. The summed E-state index contributed by atoms with van der Waals surface area (Å²) in [6.07, 6.45) is 1.76. The third-order valence-corrected chi connectivity index (χ3v) is 2.29. The number of fused-ring (bicyclic) bond motifs is 1. The van der Waals surface area contributed by atoms with Crippen molar-refractivity contribution in [3.63, 3.8) is 0 Å². The summed E-state index contributed by atoms with van der Waals surface area (Å²) < 4.78 is 0. The van der Waals surface area contributed by atoms with Crippen molar-refractivity contribution in [1.29, 1.82) is 0 Å². The number of hydrogen-bond acceptors (Lipinski definition) is 4. The first-order chi connectivity index (χ1) is 6.09. The molecular formula is C9H9NO3. The molecule has 0 saturated carbocycles. The van der Waals surface area contributed by atoms with E-state index in [0.29, 0.717) is 11.3 Å². The van der Waals surface area contributed by atoms with Gasteiger partial charge in [0.05, 0.1) is 6.04 Å². The quantitative estimate of drug-likeness (QED) is 0.381. The van der Waals surface area contributed by atoms with Gasteiger partial charge in [-0.3, -0.25) is 9.59 Å². The van der Waals surface area contributed by atoms with E-state index >= 15 is 0 Å². The molecule has 0 radical (unpaired) electrons. The fourth-order valence-corrected chi connectivity index (χ4v) is 1.54. The zero-order chi connectivity index (χ0) is 9.59. The van der Waals surface area contributed by atoms with E-state index in [4.69, 9.17) is 0 Å². The van der Waals surface area contributed by atoms with Gasteiger partial charge in [0.15, 0.2) is 0 Å². The summed E-state index contributed by atoms with van der Waals surface area (Å²) in [5.41, 5.74) is 1.10. The first-order valence-electron chi connectivity index (χ1n) is 4.06. The molecule has 1 heterocycles. The molecule has 1 aliphatic carbocycles. The molecule has 68 valence electrons. The highest BCUT2D eigenvalue weighted by atomic mass is 16.3. The average Bonchev–Trinajstić information content (AvgIpc) is 2.32. The Labute approximate surface area is 74.9 Å². The lowest BCUT2D eigenvalue weighted by Crippen LogP contribution is -2.25. The molecule has 4 nitrogen and oxygen atoms in total. The second-order valence-electron chi connectivity index (χ2n) is 3.26. The summed E-state index contributed by atoms with van der Waals surface area (Å²) in [7, 11) is 0. The molecule has 4 heteroatoms. The van der Waals surface area contributed by atoms with Gasteiger partial charge in [-0.1, -0.05) is 0 Å². The van der Waals surface area contributed by atoms with Crippen LogP contribution in [0.5, 0.6) is 0 Å². The summed E-state index contributed by atoms with van der Waals surface area (Å²) >= 11 is 0. The number of carbonyl (C=O) groups is 2. The molecule has 0 bridgehead atoms. The molecule has 0 spiro atoms. The molecule has 2 N–H and O–H groups in total. The van der Waals surface area contributed by atoms with Gasteiger partial charge in [0, 0.05) is 17.3 Å². The van der Waals surface area contributed by atoms with Crippen LogP contribution >= 0.6 is 0 Å². The van der Waals surface area contributed by atoms with Crippen LogP contribution in [0.1, 0.15) is 6.92 Å². The Bertz CT molecular complexity index is 354. The number of allylic oxidation sites excluding steroid dienone is 2. The minimum Gasteiger partial charge on any atom is -0.386 e. The zero-order valence-electron chi connectivity index (χ0n) is 7.07. The predicted octanol–water partition coefficient (Wildman–Crippen LogP) is -0.699. The highest BCUT2D eigenvalue weighted by Crippen LogP contribution is 2.25. The number of hydrogen-bond donors (Lipinski definition) is 2. The Hall–Kier alpha value is -1.42. The van der Waals surface area contributed by atoms with Crippen molar-refractivity contribution in [3.8, 4) is 0 Å². The molecule has 0 amide bonds. The van der Waals surface area contributed by atoms with Crippen LogP contribution in [0.4, 0.5) is 0 Å². The first-order valence-corrected chi connectivity index (χ1v) is 4.06. The van der Waals surface area contributed by atoms with E-state index < -0.39 is 17.7 Å². The van der Waals surface area contributed by atoms with Crippen molar-refractivity contribution in [1.82, 2.24) is 5.32 Å². The van der Waals surface area contributed by atoms with Gasteiger partial charge in [-0.25, -0.2) is 0 Å². The molecule has 1 fully saturated rings. The smallest absolute Gasteiger partial charge is 0.227 e. The Morgan fingerprint density at radius 2 is 1.92 bits per heavy atom. The maximum absolute atomic E-state index is 11.0. The number of ketones is 2. The molecule has 1 aliphatic heterocycles. The maximum Gasteiger partial charge on any atom is 0.227 e. The summed E-state index contributed by atoms with van der Waals surface area (Å²) in [6.45, 7) is 1.79. The van der Waals surface area contributed by atoms with Crippen molar-refractivity contribution < 1.29 is 14.7 Å². The molecule has 0 unspecified atom stereocenters. The Balaban J connectivity index is 2.44. The van der Waals surface area contributed by atoms with Crippen molar-refractivity contribution in [2.24, 2.45) is 0 Å². The number of rotatable bonds is 0. The fraction of sp³-hybridized carbons (Fsp3) is 0.333. The van der Waals surface area contributed by atoms with Crippen LogP contribution in [0, 0.1) is 0 Å². The number of aliphatic hydroxyl groups is 1. The van der Waals surface area contributed by atoms with Crippen molar-refractivity contribution in [2.45, 2.75) is 19.1 Å². The Kier molecular flexibility index (Phi) is 1.60. The Morgan fingerprint density at radius 3 is 2.62 bits per heavy atom. The van der Waals surface area contributed by atoms with E-state index in [1.807, 2.05) is 0 Å². The van der Waals surface area contributed by atoms with E-state index in [9.17, 15) is 14.7 Å². The lowest BCUT2D eigenvalue weighted by atomic mass is 9.99. The monoisotopic (exact) mass is 179 g/mol. The van der Waals surface area contributed by atoms with Crippen LogP contribution in [0.25, 0.3) is 0 Å². The number of nitrogens with one attached hydrogen (secondary N) is 1. The van der Waals surface area contributed by atoms with Crippen LogP contribution in [0.2, 0.25) is 0 Å². The van der Waals surface area contributed by atoms with E-state index in [0.717, 1.165) is 0 Å². The van der Waals surface area contributed by atoms with E-state index in [2.05, 4.69) is 5.32 Å². The van der Waals surface area contributed by atoms with Gasteiger partial charge in [-0.05, 0) is 13.0 Å². The second-order valence-corrected chi connectivity index (χ2v) is 3.26. The third kappa shape index (κ3) is 1.10. The summed E-state index contributed by atoms with van der Waals surface area (Å²) in [4.78, 5) is 21.9. The topological polar surface area (TPSA) is 66.4 Å². The van der Waals surface area contributed by atoms with E-state index in [1.54, 1.807) is 6.92 Å². The third-order valence-electron chi connectivity index (χ3n) is 2.29. The van der Waals surface area contributed by atoms with Gasteiger partial charge in [-0.15, -0.1) is 0 Å². The van der Waals surface area contributed by atoms with Crippen LogP contribution in [-0.4, -0.2) is 28.8 Å². The largest absolute Gasteiger partial charge is 0.386 e. The molecule has 13 heavy (non-hydrogen) atoms. The Morgan fingerprint density at radius 1 is 1.31 bits per heavy atom. The minimum absolute atomic E-state index is 0.142. The highest BCUT2D eigenvalue weighted by molar-refractivity contribution is 6.46. The van der Waals surface area contributed by atoms with Crippen molar-refractivity contribution >= 4 is 11.6 Å². The SMILES string of the molecule is C[C@H]1NC2=CC(=O)C(=O)C=C2[C@@H]1O. The standard InChI is InChI=1S/C9H9NO3/c1-4-9(13)5-2-7(11)8(12)3-6(5)10-4/h2-4,9-10,13H,1H3/t4-,9-/m1/s1. The van der Waals surface area contributed by atoms with Crippen molar-refractivity contribution in [2.75, 3.05) is 0 Å². The minimum atomic E-state index is -0.691. The molecule has 2 atom stereocenters. The molecule has 2 aliphatic rings.